The molecular formula is C10H12F2O2. The lowest BCUT2D eigenvalue weighted by Gasteiger charge is -2.06. The molecule has 0 heterocycles. The lowest BCUT2D eigenvalue weighted by Crippen LogP contribution is -1.92. The van der Waals surface area contributed by atoms with Gasteiger partial charge in [-0.25, -0.2) is 8.78 Å². The van der Waals surface area contributed by atoms with Gasteiger partial charge in [0.15, 0.2) is 0 Å². The van der Waals surface area contributed by atoms with Gasteiger partial charge in [-0.15, -0.1) is 0 Å². The van der Waals surface area contributed by atoms with E-state index in [-0.39, 0.29) is 17.9 Å². The highest BCUT2D eigenvalue weighted by molar-refractivity contribution is 5.37. The van der Waals surface area contributed by atoms with Crippen molar-refractivity contribution in [3.8, 4) is 5.75 Å². The minimum atomic E-state index is -2.66. The SMILES string of the molecule is OCCCc1ccc(O)c(C(F)F)c1. The largest absolute Gasteiger partial charge is 0.507 e. The molecule has 0 aliphatic carbocycles. The van der Waals surface area contributed by atoms with Gasteiger partial charge in [0, 0.05) is 6.61 Å². The number of rotatable bonds is 4. The number of alkyl halides is 2. The summed E-state index contributed by atoms with van der Waals surface area (Å²) in [6.45, 7) is 0.0326. The van der Waals surface area contributed by atoms with E-state index in [4.69, 9.17) is 10.2 Å². The third kappa shape index (κ3) is 2.67. The Morgan fingerprint density at radius 1 is 1.29 bits per heavy atom. The van der Waals surface area contributed by atoms with E-state index in [9.17, 15) is 8.78 Å². The summed E-state index contributed by atoms with van der Waals surface area (Å²) in [4.78, 5) is 0. The van der Waals surface area contributed by atoms with Crippen LogP contribution in [0.2, 0.25) is 0 Å². The molecule has 0 saturated heterocycles. The van der Waals surface area contributed by atoms with E-state index in [2.05, 4.69) is 0 Å². The molecule has 0 fully saturated rings. The molecule has 0 aliphatic heterocycles. The van der Waals surface area contributed by atoms with Crippen LogP contribution in [0.5, 0.6) is 5.75 Å². The van der Waals surface area contributed by atoms with Gasteiger partial charge < -0.3 is 10.2 Å². The summed E-state index contributed by atoms with van der Waals surface area (Å²) in [5.41, 5.74) is 0.354. The predicted molar refractivity (Wildman–Crippen MR) is 48.5 cm³/mol. The Balaban J connectivity index is 2.83. The highest BCUT2D eigenvalue weighted by Crippen LogP contribution is 2.28. The molecule has 0 aliphatic rings. The van der Waals surface area contributed by atoms with Crippen LogP contribution in [0, 0.1) is 0 Å². The van der Waals surface area contributed by atoms with Gasteiger partial charge in [-0.1, -0.05) is 6.07 Å². The van der Waals surface area contributed by atoms with E-state index >= 15 is 0 Å². The van der Waals surface area contributed by atoms with Crippen molar-refractivity contribution in [1.82, 2.24) is 0 Å². The Labute approximate surface area is 80.8 Å². The van der Waals surface area contributed by atoms with Crippen LogP contribution in [-0.4, -0.2) is 16.8 Å². The molecule has 0 radical (unpaired) electrons. The first-order valence-electron chi connectivity index (χ1n) is 4.36. The Morgan fingerprint density at radius 3 is 2.57 bits per heavy atom. The van der Waals surface area contributed by atoms with Gasteiger partial charge in [0.1, 0.15) is 5.75 Å². The summed E-state index contributed by atoms with van der Waals surface area (Å²) in [6.07, 6.45) is -1.59. The predicted octanol–water partition coefficient (Wildman–Crippen LogP) is 2.25. The number of aliphatic hydroxyl groups excluding tert-OH is 1. The quantitative estimate of drug-likeness (QED) is 0.786. The van der Waals surface area contributed by atoms with Crippen molar-refractivity contribution in [1.29, 1.82) is 0 Å². The van der Waals surface area contributed by atoms with Crippen molar-refractivity contribution in [3.05, 3.63) is 29.3 Å². The van der Waals surface area contributed by atoms with Crippen molar-refractivity contribution in [2.45, 2.75) is 19.3 Å². The van der Waals surface area contributed by atoms with E-state index in [1.807, 2.05) is 0 Å². The maximum atomic E-state index is 12.3. The number of halogens is 2. The average Bonchev–Trinajstić information content (AvgIpc) is 2.16. The summed E-state index contributed by atoms with van der Waals surface area (Å²) in [5.74, 6) is -0.382. The third-order valence-corrected chi connectivity index (χ3v) is 1.95. The average molecular weight is 202 g/mol. The van der Waals surface area contributed by atoms with Gasteiger partial charge >= 0.3 is 0 Å². The topological polar surface area (TPSA) is 40.5 Å². The lowest BCUT2D eigenvalue weighted by molar-refractivity contribution is 0.147. The number of phenolic OH excluding ortho intramolecular Hbond substituents is 1. The van der Waals surface area contributed by atoms with Gasteiger partial charge in [0.25, 0.3) is 6.43 Å². The number of phenols is 1. The third-order valence-electron chi connectivity index (χ3n) is 1.95. The van der Waals surface area contributed by atoms with Gasteiger partial charge in [-0.2, -0.15) is 0 Å². The van der Waals surface area contributed by atoms with Gasteiger partial charge in [0.2, 0.25) is 0 Å². The van der Waals surface area contributed by atoms with Crippen LogP contribution in [0.1, 0.15) is 24.0 Å². The molecule has 0 saturated carbocycles. The summed E-state index contributed by atoms with van der Waals surface area (Å²) in [5, 5.41) is 17.7. The first kappa shape index (κ1) is 10.9. The molecule has 1 aromatic carbocycles. The summed E-state index contributed by atoms with van der Waals surface area (Å²) in [7, 11) is 0. The zero-order valence-electron chi connectivity index (χ0n) is 7.58. The fourth-order valence-corrected chi connectivity index (χ4v) is 1.22. The molecule has 0 atom stereocenters. The number of benzene rings is 1. The molecule has 14 heavy (non-hydrogen) atoms. The number of hydrogen-bond acceptors (Lipinski definition) is 2. The van der Waals surface area contributed by atoms with Crippen molar-refractivity contribution < 1.29 is 19.0 Å². The van der Waals surface area contributed by atoms with Crippen molar-refractivity contribution in [2.75, 3.05) is 6.61 Å². The molecule has 1 rings (SSSR count). The normalized spacial score (nSPS) is 10.9. The minimum Gasteiger partial charge on any atom is -0.507 e. The van der Waals surface area contributed by atoms with E-state index in [0.717, 1.165) is 0 Å². The monoisotopic (exact) mass is 202 g/mol. The maximum absolute atomic E-state index is 12.3. The van der Waals surface area contributed by atoms with E-state index in [1.165, 1.54) is 12.1 Å². The van der Waals surface area contributed by atoms with Crippen molar-refractivity contribution >= 4 is 0 Å². The van der Waals surface area contributed by atoms with Gasteiger partial charge in [0.05, 0.1) is 5.56 Å². The van der Waals surface area contributed by atoms with Crippen LogP contribution in [0.3, 0.4) is 0 Å². The summed E-state index contributed by atoms with van der Waals surface area (Å²) in [6, 6.07) is 4.11. The minimum absolute atomic E-state index is 0.0326. The molecule has 0 bridgehead atoms. The van der Waals surface area contributed by atoms with E-state index < -0.39 is 6.43 Å². The molecule has 78 valence electrons. The van der Waals surface area contributed by atoms with Gasteiger partial charge in [-0.3, -0.25) is 0 Å². The highest BCUT2D eigenvalue weighted by Gasteiger charge is 2.12. The molecule has 0 aromatic heterocycles. The van der Waals surface area contributed by atoms with Crippen LogP contribution in [0.4, 0.5) is 8.78 Å². The second-order valence-electron chi connectivity index (χ2n) is 3.02. The zero-order valence-corrected chi connectivity index (χ0v) is 7.58. The first-order chi connectivity index (χ1) is 6.65. The van der Waals surface area contributed by atoms with Crippen molar-refractivity contribution in [2.24, 2.45) is 0 Å². The van der Waals surface area contributed by atoms with Crippen LogP contribution in [-0.2, 0) is 6.42 Å². The lowest BCUT2D eigenvalue weighted by atomic mass is 10.1. The van der Waals surface area contributed by atoms with Crippen LogP contribution in [0.15, 0.2) is 18.2 Å². The smallest absolute Gasteiger partial charge is 0.267 e. The van der Waals surface area contributed by atoms with Gasteiger partial charge in [-0.05, 0) is 30.5 Å². The second kappa shape index (κ2) is 4.91. The zero-order chi connectivity index (χ0) is 10.6. The van der Waals surface area contributed by atoms with Crippen molar-refractivity contribution in [3.63, 3.8) is 0 Å². The van der Waals surface area contributed by atoms with Crippen LogP contribution < -0.4 is 0 Å². The highest BCUT2D eigenvalue weighted by atomic mass is 19.3. The Hall–Kier alpha value is -1.16. The molecule has 2 N–H and O–H groups in total. The first-order valence-corrected chi connectivity index (χ1v) is 4.36. The van der Waals surface area contributed by atoms with Crippen LogP contribution in [0.25, 0.3) is 0 Å². The summed E-state index contributed by atoms with van der Waals surface area (Å²) < 4.78 is 24.6. The number of hydrogen-bond donors (Lipinski definition) is 2. The number of aliphatic hydroxyl groups is 1. The fraction of sp³-hybridized carbons (Fsp3) is 0.400. The fourth-order valence-electron chi connectivity index (χ4n) is 1.22. The molecule has 1 aromatic rings. The molecule has 2 nitrogen and oxygen atoms in total. The molecule has 0 unspecified atom stereocenters. The summed E-state index contributed by atoms with van der Waals surface area (Å²) >= 11 is 0. The number of aryl methyl sites for hydroxylation is 1. The second-order valence-corrected chi connectivity index (χ2v) is 3.02. The molecule has 4 heteroatoms. The Morgan fingerprint density at radius 2 is 2.00 bits per heavy atom. The number of aromatic hydroxyl groups is 1. The maximum Gasteiger partial charge on any atom is 0.267 e. The molecular weight excluding hydrogens is 190 g/mol. The van der Waals surface area contributed by atoms with E-state index in [0.29, 0.717) is 18.4 Å². The molecule has 0 spiro atoms. The van der Waals surface area contributed by atoms with E-state index in [1.54, 1.807) is 6.07 Å². The Kier molecular flexibility index (Phi) is 3.83. The molecule has 0 amide bonds. The standard InChI is InChI=1S/C10H12F2O2/c11-10(12)8-6-7(2-1-5-13)3-4-9(8)14/h3-4,6,10,13-14H,1-2,5H2. The van der Waals surface area contributed by atoms with Crippen LogP contribution >= 0.6 is 0 Å². The Bertz CT molecular complexity index is 300.